The van der Waals surface area contributed by atoms with Crippen LogP contribution in [0.1, 0.15) is 101 Å². The third-order valence-corrected chi connectivity index (χ3v) is 6.54. The molecule has 0 aliphatic heterocycles. The average Bonchev–Trinajstić information content (AvgIpc) is 2.82. The van der Waals surface area contributed by atoms with Gasteiger partial charge in [0.1, 0.15) is 5.75 Å². The van der Waals surface area contributed by atoms with E-state index in [4.69, 9.17) is 4.74 Å². The van der Waals surface area contributed by atoms with Gasteiger partial charge in [0, 0.05) is 11.5 Å². The highest BCUT2D eigenvalue weighted by molar-refractivity contribution is 5.38. The number of hydrogen-bond acceptors (Lipinski definition) is 1. The Balaban J connectivity index is 1.42. The van der Waals surface area contributed by atoms with Crippen molar-refractivity contribution in [2.75, 3.05) is 6.61 Å². The van der Waals surface area contributed by atoms with E-state index in [1.54, 1.807) is 0 Å². The Kier molecular flexibility index (Phi) is 10.0. The summed E-state index contributed by atoms with van der Waals surface area (Å²) in [5.41, 5.74) is 4.12. The maximum absolute atomic E-state index is 5.79. The van der Waals surface area contributed by atoms with E-state index in [-0.39, 0.29) is 0 Å². The number of rotatable bonds is 10. The monoisotopic (exact) mass is 416 g/mol. The largest absolute Gasteiger partial charge is 0.494 e. The minimum absolute atomic E-state index is 0.537. The minimum atomic E-state index is 0.537. The fraction of sp³-hybridized carbons (Fsp3) is 0.533. The topological polar surface area (TPSA) is 9.23 Å². The molecule has 3 rings (SSSR count). The number of benzene rings is 2. The van der Waals surface area contributed by atoms with Gasteiger partial charge < -0.3 is 4.74 Å². The lowest BCUT2D eigenvalue weighted by atomic mass is 9.78. The van der Waals surface area contributed by atoms with E-state index in [9.17, 15) is 0 Å². The molecule has 0 amide bonds. The fourth-order valence-electron chi connectivity index (χ4n) is 4.47. The van der Waals surface area contributed by atoms with Crippen molar-refractivity contribution in [3.05, 3.63) is 65.2 Å². The van der Waals surface area contributed by atoms with Crippen LogP contribution >= 0.6 is 0 Å². The van der Waals surface area contributed by atoms with Gasteiger partial charge in [-0.25, -0.2) is 0 Å². The van der Waals surface area contributed by atoms with E-state index < -0.39 is 0 Å². The highest BCUT2D eigenvalue weighted by Crippen LogP contribution is 2.35. The molecule has 1 aliphatic rings. The Labute approximate surface area is 190 Å². The lowest BCUT2D eigenvalue weighted by molar-refractivity contribution is 0.306. The molecule has 0 N–H and O–H groups in total. The molecule has 0 atom stereocenters. The van der Waals surface area contributed by atoms with Crippen LogP contribution in [0, 0.1) is 17.8 Å². The van der Waals surface area contributed by atoms with Gasteiger partial charge in [0.05, 0.1) is 6.61 Å². The molecule has 166 valence electrons. The van der Waals surface area contributed by atoms with E-state index in [0.717, 1.165) is 24.3 Å². The fourth-order valence-corrected chi connectivity index (χ4v) is 4.47. The molecular formula is C30H40O. The molecule has 1 saturated carbocycles. The van der Waals surface area contributed by atoms with Gasteiger partial charge in [-0.3, -0.25) is 0 Å². The molecule has 1 nitrogen and oxygen atoms in total. The van der Waals surface area contributed by atoms with Gasteiger partial charge in [-0.05, 0) is 86.3 Å². The molecule has 1 heteroatoms. The summed E-state index contributed by atoms with van der Waals surface area (Å²) in [7, 11) is 0. The molecule has 0 radical (unpaired) electrons. The summed E-state index contributed by atoms with van der Waals surface area (Å²) in [6.07, 6.45) is 13.7. The van der Waals surface area contributed by atoms with Crippen molar-refractivity contribution < 1.29 is 4.74 Å². The van der Waals surface area contributed by atoms with E-state index in [0.29, 0.717) is 11.8 Å². The zero-order valence-electron chi connectivity index (χ0n) is 19.7. The minimum Gasteiger partial charge on any atom is -0.494 e. The van der Waals surface area contributed by atoms with Crippen LogP contribution in [-0.2, 0) is 6.42 Å². The van der Waals surface area contributed by atoms with Gasteiger partial charge >= 0.3 is 0 Å². The first-order chi connectivity index (χ1) is 15.3. The molecule has 0 aromatic heterocycles. The van der Waals surface area contributed by atoms with E-state index in [2.05, 4.69) is 74.2 Å². The third-order valence-electron chi connectivity index (χ3n) is 6.54. The maximum atomic E-state index is 5.79. The van der Waals surface area contributed by atoms with Crippen molar-refractivity contribution in [3.8, 4) is 17.6 Å². The normalized spacial score (nSPS) is 18.3. The second kappa shape index (κ2) is 13.3. The molecule has 0 bridgehead atoms. The van der Waals surface area contributed by atoms with Gasteiger partial charge in [-0.2, -0.15) is 0 Å². The van der Waals surface area contributed by atoms with Crippen molar-refractivity contribution in [3.63, 3.8) is 0 Å². The molecule has 2 aromatic rings. The second-order valence-electron chi connectivity index (χ2n) is 9.10. The number of ether oxygens (including phenoxy) is 1. The van der Waals surface area contributed by atoms with Crippen LogP contribution in [0.25, 0.3) is 0 Å². The Morgan fingerprint density at radius 2 is 1.45 bits per heavy atom. The second-order valence-corrected chi connectivity index (χ2v) is 9.10. The van der Waals surface area contributed by atoms with Crippen molar-refractivity contribution >= 4 is 0 Å². The van der Waals surface area contributed by atoms with Crippen LogP contribution in [0.5, 0.6) is 5.75 Å². The summed E-state index contributed by atoms with van der Waals surface area (Å²) in [4.78, 5) is 0. The first-order valence-electron chi connectivity index (χ1n) is 12.6. The van der Waals surface area contributed by atoms with Crippen molar-refractivity contribution in [1.29, 1.82) is 0 Å². The van der Waals surface area contributed by atoms with Crippen LogP contribution in [0.2, 0.25) is 0 Å². The van der Waals surface area contributed by atoms with Crippen molar-refractivity contribution in [2.24, 2.45) is 5.92 Å². The predicted octanol–water partition coefficient (Wildman–Crippen LogP) is 8.31. The maximum Gasteiger partial charge on any atom is 0.119 e. The number of unbranched alkanes of at least 4 members (excludes halogenated alkanes) is 4. The zero-order chi connectivity index (χ0) is 21.7. The van der Waals surface area contributed by atoms with Crippen LogP contribution in [0.3, 0.4) is 0 Å². The highest BCUT2D eigenvalue weighted by Gasteiger charge is 2.21. The summed E-state index contributed by atoms with van der Waals surface area (Å²) < 4.78 is 5.79. The van der Waals surface area contributed by atoms with Gasteiger partial charge in [0.15, 0.2) is 0 Å². The summed E-state index contributed by atoms with van der Waals surface area (Å²) >= 11 is 0. The zero-order valence-corrected chi connectivity index (χ0v) is 19.7. The van der Waals surface area contributed by atoms with Crippen molar-refractivity contribution in [1.82, 2.24) is 0 Å². The SMILES string of the molecule is CCCCCOc1ccc(C#CC2CCC(c3ccc(CCCCC)cc3)CC2)cc1. The van der Waals surface area contributed by atoms with Gasteiger partial charge in [0.25, 0.3) is 0 Å². The standard InChI is InChI=1S/C30H40O/c1-3-5-7-9-25-12-18-28(19-13-25)29-20-14-26(15-21-29)10-11-27-16-22-30(23-17-27)31-24-8-6-4-2/h12-13,16-19,22-23,26,29H,3-9,14-15,20-21,24H2,1-2H3. The van der Waals surface area contributed by atoms with Gasteiger partial charge in [0.2, 0.25) is 0 Å². The van der Waals surface area contributed by atoms with Crippen LogP contribution in [0.15, 0.2) is 48.5 Å². The summed E-state index contributed by atoms with van der Waals surface area (Å²) in [5.74, 6) is 9.14. The van der Waals surface area contributed by atoms with Crippen LogP contribution in [0.4, 0.5) is 0 Å². The number of aryl methyl sites for hydroxylation is 1. The molecule has 2 aromatic carbocycles. The molecule has 0 unspecified atom stereocenters. The summed E-state index contributed by atoms with van der Waals surface area (Å²) in [5, 5.41) is 0. The first kappa shape index (κ1) is 23.5. The van der Waals surface area contributed by atoms with Gasteiger partial charge in [-0.15, -0.1) is 0 Å². The molecular weight excluding hydrogens is 376 g/mol. The molecule has 0 spiro atoms. The predicted molar refractivity (Wildman–Crippen MR) is 133 cm³/mol. The molecule has 1 aliphatic carbocycles. The molecule has 0 heterocycles. The van der Waals surface area contributed by atoms with E-state index >= 15 is 0 Å². The van der Waals surface area contributed by atoms with Crippen molar-refractivity contribution in [2.45, 2.75) is 90.4 Å². The summed E-state index contributed by atoms with van der Waals surface area (Å²) in [6.45, 7) is 5.29. The third kappa shape index (κ3) is 8.10. The Morgan fingerprint density at radius 1 is 0.774 bits per heavy atom. The Bertz CT molecular complexity index is 798. The molecule has 0 saturated heterocycles. The molecule has 31 heavy (non-hydrogen) atoms. The number of hydrogen-bond donors (Lipinski definition) is 0. The van der Waals surface area contributed by atoms with Crippen LogP contribution in [-0.4, -0.2) is 6.61 Å². The average molecular weight is 417 g/mol. The highest BCUT2D eigenvalue weighted by atomic mass is 16.5. The van der Waals surface area contributed by atoms with E-state index in [1.807, 2.05) is 0 Å². The Hall–Kier alpha value is -2.20. The Morgan fingerprint density at radius 3 is 2.13 bits per heavy atom. The lowest BCUT2D eigenvalue weighted by Gasteiger charge is -2.26. The van der Waals surface area contributed by atoms with E-state index in [1.165, 1.54) is 75.3 Å². The smallest absolute Gasteiger partial charge is 0.119 e. The lowest BCUT2D eigenvalue weighted by Crippen LogP contribution is -2.12. The first-order valence-corrected chi connectivity index (χ1v) is 12.6. The van der Waals surface area contributed by atoms with Crippen LogP contribution < -0.4 is 4.74 Å². The summed E-state index contributed by atoms with van der Waals surface area (Å²) in [6, 6.07) is 17.8. The quantitative estimate of drug-likeness (QED) is 0.279. The van der Waals surface area contributed by atoms with Gasteiger partial charge in [-0.1, -0.05) is 75.6 Å². The molecule has 1 fully saturated rings.